The van der Waals surface area contributed by atoms with E-state index in [1.54, 1.807) is 19.2 Å². The first-order chi connectivity index (χ1) is 14.5. The van der Waals surface area contributed by atoms with E-state index in [9.17, 15) is 9.59 Å². The number of carbonyl (C=O) groups excluding carboxylic acids is 2. The van der Waals surface area contributed by atoms with Gasteiger partial charge in [-0.2, -0.15) is 0 Å². The lowest BCUT2D eigenvalue weighted by Crippen LogP contribution is -2.21. The van der Waals surface area contributed by atoms with E-state index in [1.807, 2.05) is 44.2 Å². The molecule has 156 valence electrons. The normalized spacial score (nSPS) is 11.0. The molecule has 0 spiro atoms. The molecule has 1 heterocycles. The highest BCUT2D eigenvalue weighted by atomic mass is 16.5. The summed E-state index contributed by atoms with van der Waals surface area (Å²) in [5.74, 6) is 0.100. The average molecular weight is 407 g/mol. The van der Waals surface area contributed by atoms with Gasteiger partial charge < -0.3 is 19.2 Å². The minimum absolute atomic E-state index is 0.363. The monoisotopic (exact) mass is 407 g/mol. The molecular formula is C24H25NO5. The number of anilines is 1. The summed E-state index contributed by atoms with van der Waals surface area (Å²) in [5, 5.41) is 3.73. The van der Waals surface area contributed by atoms with E-state index in [-0.39, 0.29) is 12.5 Å². The molecule has 3 aromatic rings. The lowest BCUT2D eigenvalue weighted by Gasteiger charge is -2.14. The number of methoxy groups -OCH3 is 1. The maximum absolute atomic E-state index is 12.3. The summed E-state index contributed by atoms with van der Waals surface area (Å²) in [4.78, 5) is 24.3. The Balaban J connectivity index is 1.59. The third-order valence-electron chi connectivity index (χ3n) is 4.74. The summed E-state index contributed by atoms with van der Waals surface area (Å²) in [7, 11) is 1.57. The zero-order valence-electron chi connectivity index (χ0n) is 17.4. The zero-order valence-corrected chi connectivity index (χ0v) is 17.4. The number of esters is 1. The van der Waals surface area contributed by atoms with E-state index in [2.05, 4.69) is 5.32 Å². The summed E-state index contributed by atoms with van der Waals surface area (Å²) >= 11 is 0. The fraction of sp³-hybridized carbons (Fsp3) is 0.250. The molecule has 1 N–H and O–H groups in total. The molecule has 2 aromatic carbocycles. The van der Waals surface area contributed by atoms with Gasteiger partial charge in [0.1, 0.15) is 5.76 Å². The van der Waals surface area contributed by atoms with Gasteiger partial charge in [-0.3, -0.25) is 4.79 Å². The first kappa shape index (κ1) is 21.2. The number of fused-ring (bicyclic) bond motifs is 1. The fourth-order valence-electron chi connectivity index (χ4n) is 3.21. The number of aryl methyl sites for hydroxylation is 2. The van der Waals surface area contributed by atoms with Crippen LogP contribution in [0, 0.1) is 0 Å². The van der Waals surface area contributed by atoms with Gasteiger partial charge in [0.15, 0.2) is 17.9 Å². The van der Waals surface area contributed by atoms with Gasteiger partial charge in [-0.05, 0) is 42.2 Å². The highest BCUT2D eigenvalue weighted by Gasteiger charge is 2.12. The van der Waals surface area contributed by atoms with E-state index in [4.69, 9.17) is 13.9 Å². The molecule has 0 aliphatic carbocycles. The van der Waals surface area contributed by atoms with Crippen molar-refractivity contribution in [2.75, 3.05) is 19.0 Å². The Bertz CT molecular complexity index is 1060. The van der Waals surface area contributed by atoms with Crippen molar-refractivity contribution in [3.05, 3.63) is 65.4 Å². The fourth-order valence-corrected chi connectivity index (χ4v) is 3.21. The Kier molecular flexibility index (Phi) is 6.91. The second kappa shape index (κ2) is 9.78. The Labute approximate surface area is 175 Å². The lowest BCUT2D eigenvalue weighted by atomic mass is 10.0. The van der Waals surface area contributed by atoms with Crippen LogP contribution in [0.5, 0.6) is 5.75 Å². The standard InChI is InChI=1S/C24H25NO5/c1-4-16-8-6-9-17(5-2)23(16)25-21(26)15-29-22(27)13-12-19-14-18-10-7-11-20(28-3)24(18)30-19/h6-14H,4-5,15H2,1-3H3,(H,25,26)/b13-12+. The van der Waals surface area contributed by atoms with Crippen LogP contribution in [0.2, 0.25) is 0 Å². The lowest BCUT2D eigenvalue weighted by molar-refractivity contribution is -0.142. The molecular weight excluding hydrogens is 382 g/mol. The van der Waals surface area contributed by atoms with Gasteiger partial charge >= 0.3 is 5.97 Å². The van der Waals surface area contributed by atoms with Crippen LogP contribution in [0.1, 0.15) is 30.7 Å². The number of hydrogen-bond acceptors (Lipinski definition) is 5. The maximum Gasteiger partial charge on any atom is 0.331 e. The molecule has 1 aromatic heterocycles. The highest BCUT2D eigenvalue weighted by molar-refractivity contribution is 5.96. The molecule has 6 nitrogen and oxygen atoms in total. The van der Waals surface area contributed by atoms with Crippen molar-refractivity contribution in [2.45, 2.75) is 26.7 Å². The summed E-state index contributed by atoms with van der Waals surface area (Å²) in [6.07, 6.45) is 4.33. The molecule has 0 aliphatic rings. The van der Waals surface area contributed by atoms with E-state index >= 15 is 0 Å². The molecule has 0 unspecified atom stereocenters. The van der Waals surface area contributed by atoms with Gasteiger partial charge in [0.05, 0.1) is 7.11 Å². The zero-order chi connectivity index (χ0) is 21.5. The van der Waals surface area contributed by atoms with Gasteiger partial charge in [0, 0.05) is 17.1 Å². The van der Waals surface area contributed by atoms with Crippen molar-refractivity contribution >= 4 is 34.6 Å². The van der Waals surface area contributed by atoms with E-state index in [0.717, 1.165) is 35.0 Å². The Hall–Kier alpha value is -3.54. The molecule has 3 rings (SSSR count). The van der Waals surface area contributed by atoms with Crippen LogP contribution in [0.25, 0.3) is 17.0 Å². The van der Waals surface area contributed by atoms with Crippen molar-refractivity contribution in [1.82, 2.24) is 0 Å². The third kappa shape index (κ3) is 4.89. The van der Waals surface area contributed by atoms with Crippen LogP contribution in [0.4, 0.5) is 5.69 Å². The Morgan fingerprint density at radius 1 is 1.07 bits per heavy atom. The number of para-hydroxylation sites is 2. The Morgan fingerprint density at radius 2 is 1.77 bits per heavy atom. The van der Waals surface area contributed by atoms with Gasteiger partial charge in [-0.25, -0.2) is 4.79 Å². The second-order valence-electron chi connectivity index (χ2n) is 6.67. The number of furan rings is 1. The summed E-state index contributed by atoms with van der Waals surface area (Å²) in [6, 6.07) is 13.3. The van der Waals surface area contributed by atoms with Crippen molar-refractivity contribution in [3.63, 3.8) is 0 Å². The van der Waals surface area contributed by atoms with Crippen LogP contribution in [-0.4, -0.2) is 25.6 Å². The minimum Gasteiger partial charge on any atom is -0.493 e. The van der Waals surface area contributed by atoms with Gasteiger partial charge in [-0.1, -0.05) is 44.2 Å². The quantitative estimate of drug-likeness (QED) is 0.430. The predicted molar refractivity (Wildman–Crippen MR) is 117 cm³/mol. The summed E-state index contributed by atoms with van der Waals surface area (Å²) in [5.41, 5.74) is 3.51. The molecule has 6 heteroatoms. The average Bonchev–Trinajstić information content (AvgIpc) is 3.19. The third-order valence-corrected chi connectivity index (χ3v) is 4.74. The number of hydrogen-bond donors (Lipinski definition) is 1. The number of carbonyl (C=O) groups is 2. The van der Waals surface area contributed by atoms with Crippen molar-refractivity contribution in [1.29, 1.82) is 0 Å². The number of amides is 1. The molecule has 0 radical (unpaired) electrons. The first-order valence-electron chi connectivity index (χ1n) is 9.87. The van der Waals surface area contributed by atoms with Gasteiger partial charge in [0.2, 0.25) is 0 Å². The van der Waals surface area contributed by atoms with Gasteiger partial charge in [0.25, 0.3) is 5.91 Å². The molecule has 0 saturated heterocycles. The number of ether oxygens (including phenoxy) is 2. The van der Waals surface area contributed by atoms with Crippen LogP contribution in [0.3, 0.4) is 0 Å². The summed E-state index contributed by atoms with van der Waals surface area (Å²) < 4.78 is 16.0. The molecule has 1 amide bonds. The SMILES string of the molecule is CCc1cccc(CC)c1NC(=O)COC(=O)/C=C/c1cc2cccc(OC)c2o1. The van der Waals surface area contributed by atoms with E-state index in [1.165, 1.54) is 12.2 Å². The van der Waals surface area contributed by atoms with Crippen molar-refractivity contribution < 1.29 is 23.5 Å². The first-order valence-corrected chi connectivity index (χ1v) is 9.87. The smallest absolute Gasteiger partial charge is 0.331 e. The highest BCUT2D eigenvalue weighted by Crippen LogP contribution is 2.29. The van der Waals surface area contributed by atoms with Crippen LogP contribution in [-0.2, 0) is 27.2 Å². The number of nitrogens with one attached hydrogen (secondary N) is 1. The number of rotatable bonds is 8. The largest absolute Gasteiger partial charge is 0.493 e. The summed E-state index contributed by atoms with van der Waals surface area (Å²) in [6.45, 7) is 3.70. The minimum atomic E-state index is -0.628. The van der Waals surface area contributed by atoms with E-state index in [0.29, 0.717) is 17.1 Å². The van der Waals surface area contributed by atoms with Crippen LogP contribution >= 0.6 is 0 Å². The molecule has 0 atom stereocenters. The molecule has 0 saturated carbocycles. The molecule has 0 aliphatic heterocycles. The maximum atomic E-state index is 12.3. The molecule has 0 bridgehead atoms. The molecule has 30 heavy (non-hydrogen) atoms. The predicted octanol–water partition coefficient (Wildman–Crippen LogP) is 4.76. The molecule has 0 fully saturated rings. The van der Waals surface area contributed by atoms with Crippen molar-refractivity contribution in [2.24, 2.45) is 0 Å². The van der Waals surface area contributed by atoms with Gasteiger partial charge in [-0.15, -0.1) is 0 Å². The van der Waals surface area contributed by atoms with Crippen molar-refractivity contribution in [3.8, 4) is 5.75 Å². The Morgan fingerprint density at radius 3 is 2.43 bits per heavy atom. The number of benzene rings is 2. The van der Waals surface area contributed by atoms with E-state index < -0.39 is 5.97 Å². The van der Waals surface area contributed by atoms with Crippen LogP contribution < -0.4 is 10.1 Å². The van der Waals surface area contributed by atoms with Crippen LogP contribution in [0.15, 0.2) is 53.0 Å². The second-order valence-corrected chi connectivity index (χ2v) is 6.67. The topological polar surface area (TPSA) is 77.8 Å².